The Labute approximate surface area is 119 Å². The van der Waals surface area contributed by atoms with Crippen molar-refractivity contribution in [2.24, 2.45) is 5.92 Å². The number of ketones is 1. The highest BCUT2D eigenvalue weighted by Gasteiger charge is 2.23. The minimum atomic E-state index is -0.0802. The Bertz CT molecular complexity index is 464. The monoisotopic (exact) mass is 276 g/mol. The van der Waals surface area contributed by atoms with E-state index in [0.717, 1.165) is 11.3 Å². The van der Waals surface area contributed by atoms with Gasteiger partial charge in [0.25, 0.3) is 0 Å². The van der Waals surface area contributed by atoms with Crippen molar-refractivity contribution in [2.45, 2.75) is 26.1 Å². The summed E-state index contributed by atoms with van der Waals surface area (Å²) in [7, 11) is 1.65. The zero-order valence-corrected chi connectivity index (χ0v) is 11.9. The molecule has 108 valence electrons. The average molecular weight is 276 g/mol. The maximum absolute atomic E-state index is 11.3. The van der Waals surface area contributed by atoms with Gasteiger partial charge in [-0.25, -0.2) is 0 Å². The summed E-state index contributed by atoms with van der Waals surface area (Å²) >= 11 is 0. The van der Waals surface area contributed by atoms with E-state index < -0.39 is 0 Å². The first-order valence-corrected chi connectivity index (χ1v) is 6.74. The Morgan fingerprint density at radius 1 is 1.35 bits per heavy atom. The Hall–Kier alpha value is -1.81. The van der Waals surface area contributed by atoms with Crippen LogP contribution in [0.15, 0.2) is 36.6 Å². The minimum absolute atomic E-state index is 0.0802. The van der Waals surface area contributed by atoms with Crippen LogP contribution in [0.25, 0.3) is 0 Å². The second-order valence-corrected chi connectivity index (χ2v) is 4.99. The first kappa shape index (κ1) is 14.6. The summed E-state index contributed by atoms with van der Waals surface area (Å²) in [6.45, 7) is 3.15. The van der Waals surface area contributed by atoms with Gasteiger partial charge in [0, 0.05) is 18.4 Å². The molecule has 0 unspecified atom stereocenters. The van der Waals surface area contributed by atoms with Crippen LogP contribution in [-0.4, -0.2) is 25.6 Å². The summed E-state index contributed by atoms with van der Waals surface area (Å²) in [6, 6.07) is 7.78. The van der Waals surface area contributed by atoms with Gasteiger partial charge in [-0.2, -0.15) is 0 Å². The molecular formula is C16H20O4. The van der Waals surface area contributed by atoms with E-state index in [4.69, 9.17) is 14.2 Å². The van der Waals surface area contributed by atoms with E-state index in [1.54, 1.807) is 7.11 Å². The van der Waals surface area contributed by atoms with Crippen molar-refractivity contribution in [1.82, 2.24) is 0 Å². The molecule has 0 bridgehead atoms. The van der Waals surface area contributed by atoms with E-state index in [1.807, 2.05) is 31.2 Å². The van der Waals surface area contributed by atoms with Gasteiger partial charge in [-0.3, -0.25) is 4.79 Å². The number of allylic oxidation sites excluding steroid dienone is 1. The number of ether oxygens (including phenoxy) is 3. The molecule has 0 saturated heterocycles. The van der Waals surface area contributed by atoms with Crippen LogP contribution in [0.3, 0.4) is 0 Å². The molecule has 20 heavy (non-hydrogen) atoms. The fourth-order valence-electron chi connectivity index (χ4n) is 2.06. The predicted octanol–water partition coefficient (Wildman–Crippen LogP) is 2.72. The van der Waals surface area contributed by atoms with E-state index in [2.05, 4.69) is 0 Å². The van der Waals surface area contributed by atoms with Crippen LogP contribution in [0.2, 0.25) is 0 Å². The van der Waals surface area contributed by atoms with Gasteiger partial charge in [-0.15, -0.1) is 0 Å². The smallest absolute Gasteiger partial charge is 0.162 e. The molecule has 0 saturated carbocycles. The zero-order chi connectivity index (χ0) is 14.4. The fourth-order valence-corrected chi connectivity index (χ4v) is 2.06. The van der Waals surface area contributed by atoms with Gasteiger partial charge in [0.05, 0.1) is 26.6 Å². The van der Waals surface area contributed by atoms with Gasteiger partial charge in [-0.05, 0) is 17.7 Å². The lowest BCUT2D eigenvalue weighted by atomic mass is 9.99. The third kappa shape index (κ3) is 4.10. The zero-order valence-electron chi connectivity index (χ0n) is 11.9. The predicted molar refractivity (Wildman–Crippen MR) is 75.5 cm³/mol. The van der Waals surface area contributed by atoms with Crippen LogP contribution in [-0.2, 0) is 20.9 Å². The molecule has 0 fully saturated rings. The molecule has 1 aromatic carbocycles. The van der Waals surface area contributed by atoms with E-state index in [1.165, 1.54) is 12.3 Å². The number of carbonyl (C=O) groups is 1. The molecule has 0 radical (unpaired) electrons. The molecule has 4 nitrogen and oxygen atoms in total. The molecule has 2 atom stereocenters. The van der Waals surface area contributed by atoms with Gasteiger partial charge in [-0.1, -0.05) is 19.1 Å². The standard InChI is InChI=1S/C16H20O4/c1-12(16-9-14(17)7-8-20-16)10-19-11-13-3-5-15(18-2)6-4-13/h3-8,12,16H,9-11H2,1-2H3/t12-,16-/m0/s1. The van der Waals surface area contributed by atoms with Crippen molar-refractivity contribution in [3.05, 3.63) is 42.2 Å². The van der Waals surface area contributed by atoms with Crippen LogP contribution < -0.4 is 4.74 Å². The van der Waals surface area contributed by atoms with Crippen LogP contribution in [0.4, 0.5) is 0 Å². The van der Waals surface area contributed by atoms with Crippen molar-refractivity contribution in [2.75, 3.05) is 13.7 Å². The summed E-state index contributed by atoms with van der Waals surface area (Å²) in [5.41, 5.74) is 1.10. The van der Waals surface area contributed by atoms with Crippen molar-refractivity contribution in [3.8, 4) is 5.75 Å². The SMILES string of the molecule is COc1ccc(COC[C@H](C)[C@@H]2CC(=O)C=CO2)cc1. The third-order valence-electron chi connectivity index (χ3n) is 3.35. The second kappa shape index (κ2) is 7.10. The molecule has 4 heteroatoms. The average Bonchev–Trinajstić information content (AvgIpc) is 2.48. The molecule has 0 spiro atoms. The molecule has 0 aromatic heterocycles. The molecule has 0 N–H and O–H groups in total. The highest BCUT2D eigenvalue weighted by atomic mass is 16.5. The summed E-state index contributed by atoms with van der Waals surface area (Å²) in [5.74, 6) is 1.13. The first-order valence-electron chi connectivity index (χ1n) is 6.74. The van der Waals surface area contributed by atoms with Gasteiger partial charge in [0.15, 0.2) is 5.78 Å². The molecule has 1 heterocycles. The van der Waals surface area contributed by atoms with Crippen LogP contribution in [0.5, 0.6) is 5.75 Å². The summed E-state index contributed by atoms with van der Waals surface area (Å²) < 4.78 is 16.2. The maximum atomic E-state index is 11.3. The summed E-state index contributed by atoms with van der Waals surface area (Å²) in [5, 5.41) is 0. The molecular weight excluding hydrogens is 256 g/mol. The highest BCUT2D eigenvalue weighted by Crippen LogP contribution is 2.18. The Kier molecular flexibility index (Phi) is 5.18. The fraction of sp³-hybridized carbons (Fsp3) is 0.438. The summed E-state index contributed by atoms with van der Waals surface area (Å²) in [6.07, 6.45) is 3.31. The van der Waals surface area contributed by atoms with E-state index >= 15 is 0 Å². The lowest BCUT2D eigenvalue weighted by Crippen LogP contribution is -2.28. The van der Waals surface area contributed by atoms with Crippen molar-refractivity contribution >= 4 is 5.78 Å². The number of hydrogen-bond donors (Lipinski definition) is 0. The van der Waals surface area contributed by atoms with E-state index in [0.29, 0.717) is 19.6 Å². The molecule has 0 amide bonds. The minimum Gasteiger partial charge on any atom is -0.497 e. The summed E-state index contributed by atoms with van der Waals surface area (Å²) in [4.78, 5) is 11.3. The van der Waals surface area contributed by atoms with Gasteiger partial charge in [0.2, 0.25) is 0 Å². The van der Waals surface area contributed by atoms with E-state index in [-0.39, 0.29) is 17.8 Å². The molecule has 2 rings (SSSR count). The molecule has 1 aliphatic rings. The lowest BCUT2D eigenvalue weighted by Gasteiger charge is -2.24. The quantitative estimate of drug-likeness (QED) is 0.801. The van der Waals surface area contributed by atoms with E-state index in [9.17, 15) is 4.79 Å². The van der Waals surface area contributed by atoms with Crippen LogP contribution >= 0.6 is 0 Å². The number of methoxy groups -OCH3 is 1. The number of benzene rings is 1. The molecule has 1 aliphatic heterocycles. The second-order valence-electron chi connectivity index (χ2n) is 4.99. The van der Waals surface area contributed by atoms with Gasteiger partial charge in [0.1, 0.15) is 11.9 Å². The Balaban J connectivity index is 1.74. The maximum Gasteiger partial charge on any atom is 0.162 e. The largest absolute Gasteiger partial charge is 0.497 e. The Morgan fingerprint density at radius 2 is 2.10 bits per heavy atom. The van der Waals surface area contributed by atoms with Crippen LogP contribution in [0.1, 0.15) is 18.9 Å². The van der Waals surface area contributed by atoms with Crippen molar-refractivity contribution < 1.29 is 19.0 Å². The number of rotatable bonds is 6. The number of hydrogen-bond acceptors (Lipinski definition) is 4. The van der Waals surface area contributed by atoms with Crippen molar-refractivity contribution in [3.63, 3.8) is 0 Å². The van der Waals surface area contributed by atoms with Gasteiger partial charge >= 0.3 is 0 Å². The normalized spacial score (nSPS) is 19.5. The molecule has 1 aromatic rings. The lowest BCUT2D eigenvalue weighted by molar-refractivity contribution is -0.119. The van der Waals surface area contributed by atoms with Gasteiger partial charge < -0.3 is 14.2 Å². The topological polar surface area (TPSA) is 44.8 Å². The highest BCUT2D eigenvalue weighted by molar-refractivity contribution is 5.90. The first-order chi connectivity index (χ1) is 9.69. The molecule has 0 aliphatic carbocycles. The third-order valence-corrected chi connectivity index (χ3v) is 3.35. The van der Waals surface area contributed by atoms with Crippen LogP contribution in [0, 0.1) is 5.92 Å². The Morgan fingerprint density at radius 3 is 2.75 bits per heavy atom. The van der Waals surface area contributed by atoms with Crippen molar-refractivity contribution in [1.29, 1.82) is 0 Å². The number of carbonyl (C=O) groups excluding carboxylic acids is 1.